The minimum atomic E-state index is 0.559. The van der Waals surface area contributed by atoms with E-state index in [-0.39, 0.29) is 0 Å². The number of aromatic nitrogens is 4. The van der Waals surface area contributed by atoms with E-state index in [1.165, 1.54) is 47.8 Å². The molecule has 0 unspecified atom stereocenters. The molecule has 0 N–H and O–H groups in total. The Morgan fingerprint density at radius 1 is 0.354 bits per heavy atom. The Morgan fingerprint density at radius 2 is 0.908 bits per heavy atom. The summed E-state index contributed by atoms with van der Waals surface area (Å²) in [6.07, 6.45) is 0. The molecule has 6 heteroatoms. The fourth-order valence-electron chi connectivity index (χ4n) is 9.88. The summed E-state index contributed by atoms with van der Waals surface area (Å²) in [7, 11) is 0. The van der Waals surface area contributed by atoms with Crippen molar-refractivity contribution in [1.29, 1.82) is 0 Å². The number of benzene rings is 10. The van der Waals surface area contributed by atoms with Crippen molar-refractivity contribution in [1.82, 2.24) is 19.5 Å². The third kappa shape index (κ3) is 5.67. The van der Waals surface area contributed by atoms with Gasteiger partial charge >= 0.3 is 0 Å². The number of furan rings is 1. The second kappa shape index (κ2) is 14.0. The zero-order valence-corrected chi connectivity index (χ0v) is 35.6. The van der Waals surface area contributed by atoms with Crippen molar-refractivity contribution in [2.24, 2.45) is 0 Å². The van der Waals surface area contributed by atoms with E-state index in [9.17, 15) is 0 Å². The van der Waals surface area contributed by atoms with E-state index in [0.29, 0.717) is 17.5 Å². The monoisotopic (exact) mass is 846 g/mol. The zero-order chi connectivity index (χ0) is 42.6. The summed E-state index contributed by atoms with van der Waals surface area (Å²) >= 11 is 1.78. The molecule has 14 aromatic rings. The third-order valence-electron chi connectivity index (χ3n) is 13.0. The maximum Gasteiger partial charge on any atom is 0.166 e. The summed E-state index contributed by atoms with van der Waals surface area (Å²) in [5, 5.41) is 11.6. The summed E-state index contributed by atoms with van der Waals surface area (Å²) in [4.78, 5) is 16.3. The van der Waals surface area contributed by atoms with E-state index < -0.39 is 0 Å². The molecule has 0 amide bonds. The second-order valence-electron chi connectivity index (χ2n) is 16.8. The summed E-state index contributed by atoms with van der Waals surface area (Å²) < 4.78 is 11.5. The topological polar surface area (TPSA) is 56.7 Å². The lowest BCUT2D eigenvalue weighted by Gasteiger charge is -2.16. The third-order valence-corrected chi connectivity index (χ3v) is 14.2. The Labute approximate surface area is 376 Å². The summed E-state index contributed by atoms with van der Waals surface area (Å²) in [5.74, 6) is 1.77. The van der Waals surface area contributed by atoms with Gasteiger partial charge in [-0.05, 0) is 87.3 Å². The number of hydrogen-bond donors (Lipinski definition) is 0. The van der Waals surface area contributed by atoms with Crippen LogP contribution in [-0.2, 0) is 0 Å². The quantitative estimate of drug-likeness (QED) is 0.173. The van der Waals surface area contributed by atoms with Crippen molar-refractivity contribution in [3.8, 4) is 51.0 Å². The molecule has 10 aromatic carbocycles. The van der Waals surface area contributed by atoms with Crippen LogP contribution in [0.4, 0.5) is 0 Å². The van der Waals surface area contributed by atoms with Crippen LogP contribution >= 0.6 is 11.3 Å². The van der Waals surface area contributed by atoms with Gasteiger partial charge in [0, 0.05) is 58.4 Å². The van der Waals surface area contributed by atoms with Gasteiger partial charge < -0.3 is 8.98 Å². The maximum atomic E-state index is 6.67. The Balaban J connectivity index is 1.10. The number of fused-ring (bicyclic) bond motifs is 11. The molecule has 0 aliphatic carbocycles. The first-order valence-electron chi connectivity index (χ1n) is 21.8. The van der Waals surface area contributed by atoms with E-state index in [1.54, 1.807) is 11.3 Å². The van der Waals surface area contributed by atoms with Crippen molar-refractivity contribution < 1.29 is 4.42 Å². The van der Waals surface area contributed by atoms with Gasteiger partial charge in [-0.15, -0.1) is 11.3 Å². The van der Waals surface area contributed by atoms with E-state index in [1.807, 2.05) is 18.2 Å². The molecule has 0 bridgehead atoms. The minimum absolute atomic E-state index is 0.559. The summed E-state index contributed by atoms with van der Waals surface area (Å²) in [6.45, 7) is 0. The van der Waals surface area contributed by atoms with Crippen LogP contribution in [0.25, 0.3) is 136 Å². The van der Waals surface area contributed by atoms with Gasteiger partial charge in [0.05, 0.1) is 16.7 Å². The van der Waals surface area contributed by atoms with Gasteiger partial charge in [-0.3, -0.25) is 0 Å². The average molecular weight is 847 g/mol. The van der Waals surface area contributed by atoms with Crippen molar-refractivity contribution in [2.75, 3.05) is 0 Å². The van der Waals surface area contributed by atoms with Gasteiger partial charge in [-0.1, -0.05) is 152 Å². The van der Waals surface area contributed by atoms with Crippen LogP contribution in [0.15, 0.2) is 211 Å². The highest BCUT2D eigenvalue weighted by molar-refractivity contribution is 7.26. The van der Waals surface area contributed by atoms with Crippen molar-refractivity contribution in [2.45, 2.75) is 0 Å². The van der Waals surface area contributed by atoms with E-state index >= 15 is 0 Å². The molecule has 0 saturated heterocycles. The SMILES string of the molecule is c1ccc(-c2ccc(-c3nc(-c4cc5oc6ccccc6c5cc4-n4c5cc6ccccc6cc5c5cc6ccccc6cc54)nc(-c4cccc5c4sc4ccccc45)n3)cc2)cc1. The first-order valence-corrected chi connectivity index (χ1v) is 22.6. The highest BCUT2D eigenvalue weighted by Gasteiger charge is 2.24. The molecule has 0 radical (unpaired) electrons. The number of para-hydroxylation sites is 1. The molecule has 0 saturated carbocycles. The maximum absolute atomic E-state index is 6.67. The van der Waals surface area contributed by atoms with E-state index in [0.717, 1.165) is 71.2 Å². The Hall–Kier alpha value is -8.45. The average Bonchev–Trinajstić information content (AvgIpc) is 4.03. The smallest absolute Gasteiger partial charge is 0.166 e. The molecule has 0 fully saturated rings. The molecule has 14 rings (SSSR count). The molecule has 302 valence electrons. The molecule has 5 nitrogen and oxygen atoms in total. The molecular weight excluding hydrogens is 813 g/mol. The molecule has 4 heterocycles. The molecule has 0 aliphatic rings. The van der Waals surface area contributed by atoms with Gasteiger partial charge in [0.1, 0.15) is 11.2 Å². The zero-order valence-electron chi connectivity index (χ0n) is 34.7. The van der Waals surface area contributed by atoms with Gasteiger partial charge in [0.25, 0.3) is 0 Å². The first-order chi connectivity index (χ1) is 32.2. The standard InChI is InChI=1S/C59H34N4OS/c1-2-13-35(14-3-1)36-25-27-37(28-26-36)57-60-58(45-22-12-21-44-43-20-9-11-24-55(43)65-56(44)45)62-59(61-57)49-34-54-48(42-19-8-10-23-53(42)64-54)33-52(49)63-50-31-40-17-6-4-15-38(40)29-46(50)47-30-39-16-5-7-18-41(39)32-51(47)63/h1-34H. The number of thiophene rings is 1. The van der Waals surface area contributed by atoms with E-state index in [2.05, 4.69) is 193 Å². The van der Waals surface area contributed by atoms with Crippen LogP contribution in [0.3, 0.4) is 0 Å². The van der Waals surface area contributed by atoms with Crippen LogP contribution in [0.2, 0.25) is 0 Å². The highest BCUT2D eigenvalue weighted by Crippen LogP contribution is 2.44. The van der Waals surface area contributed by atoms with Crippen molar-refractivity contribution in [3.63, 3.8) is 0 Å². The van der Waals surface area contributed by atoms with Crippen LogP contribution in [0.5, 0.6) is 0 Å². The first kappa shape index (κ1) is 36.1. The van der Waals surface area contributed by atoms with Crippen LogP contribution < -0.4 is 0 Å². The van der Waals surface area contributed by atoms with Crippen LogP contribution in [0, 0.1) is 0 Å². The van der Waals surface area contributed by atoms with Gasteiger partial charge in [-0.25, -0.2) is 15.0 Å². The van der Waals surface area contributed by atoms with Crippen LogP contribution in [0.1, 0.15) is 0 Å². The van der Waals surface area contributed by atoms with Crippen LogP contribution in [-0.4, -0.2) is 19.5 Å². The Bertz CT molecular complexity index is 4150. The molecule has 65 heavy (non-hydrogen) atoms. The number of nitrogens with zero attached hydrogens (tertiary/aromatic N) is 4. The Morgan fingerprint density at radius 3 is 1.63 bits per heavy atom. The second-order valence-corrected chi connectivity index (χ2v) is 17.8. The lowest BCUT2D eigenvalue weighted by Crippen LogP contribution is -2.04. The van der Waals surface area contributed by atoms with Crippen molar-refractivity contribution >= 4 is 96.8 Å². The fraction of sp³-hybridized carbons (Fsp3) is 0. The van der Waals surface area contributed by atoms with Gasteiger partial charge in [-0.2, -0.15) is 0 Å². The summed E-state index contributed by atoms with van der Waals surface area (Å²) in [5.41, 5.74) is 9.75. The normalized spacial score (nSPS) is 12.0. The van der Waals surface area contributed by atoms with Crippen molar-refractivity contribution in [3.05, 3.63) is 206 Å². The predicted molar refractivity (Wildman–Crippen MR) is 271 cm³/mol. The molecule has 4 aromatic heterocycles. The predicted octanol–water partition coefficient (Wildman–Crippen LogP) is 16.2. The molecule has 0 spiro atoms. The van der Waals surface area contributed by atoms with E-state index in [4.69, 9.17) is 19.4 Å². The highest BCUT2D eigenvalue weighted by atomic mass is 32.1. The number of rotatable bonds is 5. The minimum Gasteiger partial charge on any atom is -0.456 e. The number of hydrogen-bond acceptors (Lipinski definition) is 5. The molecule has 0 atom stereocenters. The lowest BCUT2D eigenvalue weighted by atomic mass is 10.0. The molecular formula is C59H34N4OS. The van der Waals surface area contributed by atoms with Gasteiger partial charge in [0.2, 0.25) is 0 Å². The van der Waals surface area contributed by atoms with Gasteiger partial charge in [0.15, 0.2) is 17.5 Å². The fourth-order valence-corrected chi connectivity index (χ4v) is 11.1. The largest absolute Gasteiger partial charge is 0.456 e. The molecule has 0 aliphatic heterocycles. The lowest BCUT2D eigenvalue weighted by molar-refractivity contribution is 0.669. The summed E-state index contributed by atoms with van der Waals surface area (Å²) in [6, 6.07) is 73.4. The Kier molecular flexibility index (Phi) is 7.79.